The number of hydrogen-bond acceptors (Lipinski definition) is 6. The van der Waals surface area contributed by atoms with E-state index in [1.54, 1.807) is 6.07 Å². The zero-order chi connectivity index (χ0) is 24.4. The molecule has 186 valence electrons. The number of aromatic nitrogens is 4. The molecule has 8 heteroatoms. The normalized spacial score (nSPS) is 20.5. The average Bonchev–Trinajstić information content (AvgIpc) is 3.38. The van der Waals surface area contributed by atoms with Gasteiger partial charge in [-0.25, -0.2) is 0 Å². The maximum atomic E-state index is 11.8. The molecule has 1 unspecified atom stereocenters. The van der Waals surface area contributed by atoms with Gasteiger partial charge in [-0.1, -0.05) is 44.2 Å². The van der Waals surface area contributed by atoms with E-state index in [1.165, 1.54) is 6.42 Å². The summed E-state index contributed by atoms with van der Waals surface area (Å²) in [4.78, 5) is 11.8. The molecule has 0 amide bonds. The number of hydrogen-bond donors (Lipinski definition) is 1. The molecule has 1 atom stereocenters. The molecule has 8 nitrogen and oxygen atoms in total. The van der Waals surface area contributed by atoms with E-state index in [-0.39, 0.29) is 12.3 Å². The van der Waals surface area contributed by atoms with Crippen molar-refractivity contribution >= 4 is 5.97 Å². The number of benzene rings is 1. The summed E-state index contributed by atoms with van der Waals surface area (Å²) in [5.41, 5.74) is 1.04. The third kappa shape index (κ3) is 5.74. The predicted octanol–water partition coefficient (Wildman–Crippen LogP) is 5.52. The lowest BCUT2D eigenvalue weighted by Gasteiger charge is -2.36. The third-order valence-electron chi connectivity index (χ3n) is 7.07. The minimum atomic E-state index is -0.859. The lowest BCUT2D eigenvalue weighted by molar-refractivity contribution is -0.137. The number of ether oxygens (including phenoxy) is 1. The number of aliphatic carboxylic acids is 1. The van der Waals surface area contributed by atoms with Crippen molar-refractivity contribution in [2.75, 3.05) is 0 Å². The van der Waals surface area contributed by atoms with Crippen molar-refractivity contribution in [3.05, 3.63) is 59.4 Å². The third-order valence-corrected chi connectivity index (χ3v) is 7.07. The largest absolute Gasteiger partial charge is 0.481 e. The van der Waals surface area contributed by atoms with Gasteiger partial charge in [-0.05, 0) is 54.7 Å². The maximum absolute atomic E-state index is 11.8. The summed E-state index contributed by atoms with van der Waals surface area (Å²) in [5, 5.41) is 22.8. The first kappa shape index (κ1) is 23.6. The minimum Gasteiger partial charge on any atom is -0.481 e. The van der Waals surface area contributed by atoms with E-state index in [0.717, 1.165) is 48.8 Å². The lowest BCUT2D eigenvalue weighted by Crippen LogP contribution is -2.26. The zero-order valence-corrected chi connectivity index (χ0v) is 20.5. The van der Waals surface area contributed by atoms with Crippen LogP contribution in [0.15, 0.2) is 40.9 Å². The molecule has 2 heterocycles. The van der Waals surface area contributed by atoms with Crippen LogP contribution in [0.2, 0.25) is 0 Å². The first-order chi connectivity index (χ1) is 17.0. The highest BCUT2D eigenvalue weighted by molar-refractivity contribution is 5.67. The highest BCUT2D eigenvalue weighted by Crippen LogP contribution is 2.48. The molecule has 0 bridgehead atoms. The summed E-state index contributed by atoms with van der Waals surface area (Å²) >= 11 is 0. The van der Waals surface area contributed by atoms with Crippen LogP contribution in [0.3, 0.4) is 0 Å². The van der Waals surface area contributed by atoms with Crippen molar-refractivity contribution in [2.24, 2.45) is 11.8 Å². The molecule has 0 aliphatic heterocycles. The fraction of sp³-hybridized carbons (Fsp3) is 0.556. The van der Waals surface area contributed by atoms with Crippen molar-refractivity contribution in [3.8, 4) is 5.88 Å². The van der Waals surface area contributed by atoms with Gasteiger partial charge in [0, 0.05) is 30.4 Å². The number of rotatable bonds is 12. The van der Waals surface area contributed by atoms with E-state index in [9.17, 15) is 9.90 Å². The van der Waals surface area contributed by atoms with Gasteiger partial charge in [0.15, 0.2) is 0 Å². The van der Waals surface area contributed by atoms with Gasteiger partial charge in [0.05, 0.1) is 6.42 Å². The molecule has 1 N–H and O–H groups in total. The Hall–Kier alpha value is -3.16. The minimum absolute atomic E-state index is 0.0353. The van der Waals surface area contributed by atoms with Crippen LogP contribution in [0.25, 0.3) is 0 Å². The van der Waals surface area contributed by atoms with Gasteiger partial charge in [0.2, 0.25) is 0 Å². The van der Waals surface area contributed by atoms with Gasteiger partial charge in [-0.15, -0.1) is 10.2 Å². The Morgan fingerprint density at radius 2 is 1.97 bits per heavy atom. The van der Waals surface area contributed by atoms with E-state index in [1.807, 2.05) is 30.3 Å². The van der Waals surface area contributed by atoms with Crippen molar-refractivity contribution in [3.63, 3.8) is 0 Å². The molecule has 2 aliphatic carbocycles. The Bertz CT molecular complexity index is 1130. The molecule has 1 aromatic carbocycles. The lowest BCUT2D eigenvalue weighted by atomic mass is 9.71. The fourth-order valence-electron chi connectivity index (χ4n) is 5.28. The van der Waals surface area contributed by atoms with Crippen molar-refractivity contribution in [1.29, 1.82) is 0 Å². The molecule has 0 saturated heterocycles. The number of carbonyl (C=O) groups is 1. The summed E-state index contributed by atoms with van der Waals surface area (Å²) in [6, 6.07) is 12.0. The molecule has 2 fully saturated rings. The SMILES string of the molecule is CC(C)C[C@H]1C[C@@H](c2nnc(C(CC(=O)O)Cc3cc(OCc4ccccc4)no3)n2C2CC2)C1. The van der Waals surface area contributed by atoms with Crippen LogP contribution in [-0.2, 0) is 17.8 Å². The molecular weight excluding hydrogens is 444 g/mol. The topological polar surface area (TPSA) is 103 Å². The molecule has 5 rings (SSSR count). The molecule has 3 aromatic rings. The Balaban J connectivity index is 1.30. The summed E-state index contributed by atoms with van der Waals surface area (Å²) < 4.78 is 13.5. The van der Waals surface area contributed by atoms with Crippen LogP contribution < -0.4 is 4.74 Å². The summed E-state index contributed by atoms with van der Waals surface area (Å²) in [5.74, 6) is 3.49. The summed E-state index contributed by atoms with van der Waals surface area (Å²) in [7, 11) is 0. The standard InChI is InChI=1S/C27H34N4O4/c1-17(2)10-19-11-20(12-19)26-28-29-27(31(26)22-8-9-22)21(14-25(32)33)13-23-15-24(30-35-23)34-16-18-6-4-3-5-7-18/h3-7,15,17,19-22H,8-14,16H2,1-2H3,(H,32,33)/t19-,20+,21?. The van der Waals surface area contributed by atoms with Crippen molar-refractivity contribution in [2.45, 2.75) is 83.3 Å². The fourth-order valence-corrected chi connectivity index (χ4v) is 5.28. The second-order valence-corrected chi connectivity index (χ2v) is 10.6. The van der Waals surface area contributed by atoms with Crippen molar-refractivity contribution < 1.29 is 19.2 Å². The first-order valence-electron chi connectivity index (χ1n) is 12.7. The van der Waals surface area contributed by atoms with Crippen LogP contribution in [0.1, 0.15) is 93.2 Å². The van der Waals surface area contributed by atoms with E-state index >= 15 is 0 Å². The number of carboxylic acid groups (broad SMARTS) is 1. The monoisotopic (exact) mass is 478 g/mol. The predicted molar refractivity (Wildman–Crippen MR) is 129 cm³/mol. The van der Waals surface area contributed by atoms with Crippen molar-refractivity contribution in [1.82, 2.24) is 19.9 Å². The molecule has 35 heavy (non-hydrogen) atoms. The van der Waals surface area contributed by atoms with E-state index < -0.39 is 5.97 Å². The zero-order valence-electron chi connectivity index (χ0n) is 20.5. The molecule has 2 aliphatic rings. The van der Waals surface area contributed by atoms with Gasteiger partial charge in [-0.2, -0.15) is 0 Å². The smallest absolute Gasteiger partial charge is 0.304 e. The summed E-state index contributed by atoms with van der Waals surface area (Å²) in [6.45, 7) is 4.94. The highest BCUT2D eigenvalue weighted by atomic mass is 16.5. The summed E-state index contributed by atoms with van der Waals surface area (Å²) in [6.07, 6.45) is 6.10. The molecular formula is C27H34N4O4. The van der Waals surface area contributed by atoms with E-state index in [2.05, 4.69) is 33.8 Å². The Morgan fingerprint density at radius 3 is 2.66 bits per heavy atom. The second-order valence-electron chi connectivity index (χ2n) is 10.6. The Labute approximate surface area is 205 Å². The highest BCUT2D eigenvalue weighted by Gasteiger charge is 2.39. The van der Waals surface area contributed by atoms with Gasteiger partial charge < -0.3 is 18.9 Å². The average molecular weight is 479 g/mol. The maximum Gasteiger partial charge on any atom is 0.304 e. The van der Waals surface area contributed by atoms with Crippen LogP contribution in [0.5, 0.6) is 5.88 Å². The molecule has 2 saturated carbocycles. The van der Waals surface area contributed by atoms with Gasteiger partial charge in [0.1, 0.15) is 24.0 Å². The van der Waals surface area contributed by atoms with E-state index in [0.29, 0.717) is 42.5 Å². The van der Waals surface area contributed by atoms with E-state index in [4.69, 9.17) is 9.26 Å². The van der Waals surface area contributed by atoms with Gasteiger partial charge >= 0.3 is 5.97 Å². The first-order valence-corrected chi connectivity index (χ1v) is 12.7. The molecule has 0 radical (unpaired) electrons. The quantitative estimate of drug-likeness (QED) is 0.365. The Morgan fingerprint density at radius 1 is 1.20 bits per heavy atom. The van der Waals surface area contributed by atoms with Crippen LogP contribution in [0.4, 0.5) is 0 Å². The Kier molecular flexibility index (Phi) is 6.88. The van der Waals surface area contributed by atoms with Crippen LogP contribution >= 0.6 is 0 Å². The number of nitrogens with zero attached hydrogens (tertiary/aromatic N) is 4. The number of carboxylic acids is 1. The van der Waals surface area contributed by atoms with Gasteiger partial charge in [-0.3, -0.25) is 4.79 Å². The van der Waals surface area contributed by atoms with Crippen LogP contribution in [-0.4, -0.2) is 31.0 Å². The second kappa shape index (κ2) is 10.2. The molecule has 0 spiro atoms. The van der Waals surface area contributed by atoms with Gasteiger partial charge in [0.25, 0.3) is 5.88 Å². The van der Waals surface area contributed by atoms with Crippen LogP contribution in [0, 0.1) is 11.8 Å². The molecule has 2 aromatic heterocycles.